The average molecular weight is 348 g/mol. The highest BCUT2D eigenvalue weighted by molar-refractivity contribution is 6.02. The molecule has 8 heteroatoms. The third-order valence-corrected chi connectivity index (χ3v) is 4.12. The molecule has 1 atom stereocenters. The lowest BCUT2D eigenvalue weighted by atomic mass is 10.0. The Kier molecular flexibility index (Phi) is 4.52. The molecule has 2 aromatic rings. The van der Waals surface area contributed by atoms with Crippen LogP contribution in [0.5, 0.6) is 0 Å². The molecule has 0 radical (unpaired) electrons. The molecule has 1 N–H and O–H groups in total. The molecular weight excluding hydrogens is 330 g/mol. The van der Waals surface area contributed by atoms with Crippen LogP contribution in [0.25, 0.3) is 0 Å². The molecule has 0 aliphatic carbocycles. The van der Waals surface area contributed by atoms with Gasteiger partial charge in [0, 0.05) is 31.3 Å². The molecule has 2 amide bonds. The van der Waals surface area contributed by atoms with Crippen molar-refractivity contribution in [1.29, 1.82) is 0 Å². The summed E-state index contributed by atoms with van der Waals surface area (Å²) in [5.41, 5.74) is 0.630. The van der Waals surface area contributed by atoms with Crippen LogP contribution in [0.1, 0.15) is 28.9 Å². The third-order valence-electron chi connectivity index (χ3n) is 4.12. The number of aromatic nitrogens is 2. The number of rotatable bonds is 3. The molecule has 0 spiro atoms. The fourth-order valence-corrected chi connectivity index (χ4v) is 3.01. The lowest BCUT2D eigenvalue weighted by Crippen LogP contribution is -2.53. The average Bonchev–Trinajstić information content (AvgIpc) is 2.86. The largest absolute Gasteiger partial charge is 0.340 e. The van der Waals surface area contributed by atoms with Gasteiger partial charge in [-0.25, -0.2) is 8.78 Å². The van der Waals surface area contributed by atoms with Crippen molar-refractivity contribution in [3.05, 3.63) is 47.2 Å². The quantitative estimate of drug-likeness (QED) is 0.922. The predicted octanol–water partition coefficient (Wildman–Crippen LogP) is 1.93. The molecule has 3 rings (SSSR count). The van der Waals surface area contributed by atoms with E-state index in [2.05, 4.69) is 10.4 Å². The van der Waals surface area contributed by atoms with Crippen molar-refractivity contribution < 1.29 is 18.4 Å². The van der Waals surface area contributed by atoms with E-state index < -0.39 is 23.6 Å². The number of nitrogens with one attached hydrogen (secondary N) is 1. The molecule has 2 heterocycles. The van der Waals surface area contributed by atoms with Gasteiger partial charge in [-0.05, 0) is 31.9 Å². The van der Waals surface area contributed by atoms with Gasteiger partial charge >= 0.3 is 0 Å². The van der Waals surface area contributed by atoms with E-state index in [0.717, 1.165) is 17.8 Å². The van der Waals surface area contributed by atoms with E-state index in [1.54, 1.807) is 22.7 Å². The van der Waals surface area contributed by atoms with Gasteiger partial charge in [-0.2, -0.15) is 5.10 Å². The van der Waals surface area contributed by atoms with E-state index >= 15 is 0 Å². The van der Waals surface area contributed by atoms with Crippen molar-refractivity contribution >= 4 is 17.6 Å². The van der Waals surface area contributed by atoms with Gasteiger partial charge in [-0.15, -0.1) is 0 Å². The van der Waals surface area contributed by atoms with Gasteiger partial charge in [0.2, 0.25) is 0 Å². The van der Waals surface area contributed by atoms with E-state index in [9.17, 15) is 18.4 Å². The first kappa shape index (κ1) is 17.1. The maximum Gasteiger partial charge on any atom is 0.252 e. The van der Waals surface area contributed by atoms with Crippen LogP contribution in [-0.2, 0) is 11.8 Å². The van der Waals surface area contributed by atoms with Crippen LogP contribution in [0.2, 0.25) is 0 Å². The van der Waals surface area contributed by atoms with Crippen LogP contribution in [0.15, 0.2) is 24.3 Å². The standard InChI is InChI=1S/C17H18F2N4O2/c1-10-6-15(22(2)21-10)23-5-3-4-14(17(23)25)20-16(24)11-7-12(18)9-13(19)8-11/h6-9,14H,3-5H2,1-2H3,(H,20,24). The Morgan fingerprint density at radius 1 is 1.24 bits per heavy atom. The minimum atomic E-state index is -0.841. The molecular formula is C17H18F2N4O2. The summed E-state index contributed by atoms with van der Waals surface area (Å²) < 4.78 is 28.1. The van der Waals surface area contributed by atoms with Crippen LogP contribution >= 0.6 is 0 Å². The lowest BCUT2D eigenvalue weighted by Gasteiger charge is -2.32. The summed E-state index contributed by atoms with van der Waals surface area (Å²) in [7, 11) is 1.74. The predicted molar refractivity (Wildman–Crippen MR) is 87.1 cm³/mol. The number of halogens is 2. The molecule has 1 aliphatic heterocycles. The summed E-state index contributed by atoms with van der Waals surface area (Å²) in [4.78, 5) is 26.5. The zero-order chi connectivity index (χ0) is 18.1. The second-order valence-corrected chi connectivity index (χ2v) is 6.08. The third kappa shape index (κ3) is 3.52. The van der Waals surface area contributed by atoms with Gasteiger partial charge in [0.1, 0.15) is 23.5 Å². The van der Waals surface area contributed by atoms with Crippen molar-refractivity contribution in [2.45, 2.75) is 25.8 Å². The monoisotopic (exact) mass is 348 g/mol. The molecule has 6 nitrogen and oxygen atoms in total. The highest BCUT2D eigenvalue weighted by atomic mass is 19.1. The molecule has 1 fully saturated rings. The maximum atomic E-state index is 13.3. The summed E-state index contributed by atoms with van der Waals surface area (Å²) in [5, 5.41) is 6.80. The second kappa shape index (κ2) is 6.62. The lowest BCUT2D eigenvalue weighted by molar-refractivity contribution is -0.121. The first-order chi connectivity index (χ1) is 11.8. The molecule has 25 heavy (non-hydrogen) atoms. The van der Waals surface area contributed by atoms with Crippen molar-refractivity contribution in [3.8, 4) is 0 Å². The van der Waals surface area contributed by atoms with Crippen LogP contribution in [-0.4, -0.2) is 34.2 Å². The highest BCUT2D eigenvalue weighted by Crippen LogP contribution is 2.22. The second-order valence-electron chi connectivity index (χ2n) is 6.08. The summed E-state index contributed by atoms with van der Waals surface area (Å²) in [5.74, 6) is -1.98. The summed E-state index contributed by atoms with van der Waals surface area (Å²) in [6, 6.07) is 3.61. The highest BCUT2D eigenvalue weighted by Gasteiger charge is 2.32. The molecule has 132 valence electrons. The fourth-order valence-electron chi connectivity index (χ4n) is 3.01. The number of carbonyl (C=O) groups is 2. The van der Waals surface area contributed by atoms with Crippen molar-refractivity contribution in [2.24, 2.45) is 7.05 Å². The van der Waals surface area contributed by atoms with Crippen LogP contribution < -0.4 is 10.2 Å². The minimum absolute atomic E-state index is 0.154. The molecule has 1 unspecified atom stereocenters. The Hall–Kier alpha value is -2.77. The van der Waals surface area contributed by atoms with Crippen LogP contribution in [0.3, 0.4) is 0 Å². The van der Waals surface area contributed by atoms with E-state index in [0.29, 0.717) is 31.3 Å². The van der Waals surface area contributed by atoms with E-state index in [-0.39, 0.29) is 11.5 Å². The Morgan fingerprint density at radius 3 is 2.52 bits per heavy atom. The Bertz CT molecular complexity index is 814. The van der Waals surface area contributed by atoms with Gasteiger partial charge in [-0.3, -0.25) is 19.2 Å². The van der Waals surface area contributed by atoms with Crippen LogP contribution in [0, 0.1) is 18.6 Å². The van der Waals surface area contributed by atoms with E-state index in [4.69, 9.17) is 0 Å². The summed E-state index contributed by atoms with van der Waals surface area (Å²) in [6.45, 7) is 2.36. The molecule has 0 saturated carbocycles. The molecule has 1 aromatic carbocycles. The number of hydrogen-bond acceptors (Lipinski definition) is 3. The first-order valence-electron chi connectivity index (χ1n) is 7.94. The number of carbonyl (C=O) groups excluding carboxylic acids is 2. The topological polar surface area (TPSA) is 67.2 Å². The number of anilines is 1. The zero-order valence-electron chi connectivity index (χ0n) is 13.9. The van der Waals surface area contributed by atoms with Gasteiger partial charge < -0.3 is 5.32 Å². The normalized spacial score (nSPS) is 17.7. The summed E-state index contributed by atoms with van der Waals surface area (Å²) in [6.07, 6.45) is 1.16. The molecule has 1 aromatic heterocycles. The Balaban J connectivity index is 1.77. The fraction of sp³-hybridized carbons (Fsp3) is 0.353. The Morgan fingerprint density at radius 2 is 1.92 bits per heavy atom. The van der Waals surface area contributed by atoms with Gasteiger partial charge in [-0.1, -0.05) is 0 Å². The van der Waals surface area contributed by atoms with E-state index in [1.165, 1.54) is 0 Å². The maximum absolute atomic E-state index is 13.3. The first-order valence-corrected chi connectivity index (χ1v) is 7.94. The van der Waals surface area contributed by atoms with E-state index in [1.807, 2.05) is 6.92 Å². The van der Waals surface area contributed by atoms with Crippen molar-refractivity contribution in [3.63, 3.8) is 0 Å². The number of piperidine rings is 1. The number of amides is 2. The van der Waals surface area contributed by atoms with Gasteiger partial charge in [0.25, 0.3) is 11.8 Å². The number of nitrogens with zero attached hydrogens (tertiary/aromatic N) is 3. The van der Waals surface area contributed by atoms with Gasteiger partial charge in [0.05, 0.1) is 5.69 Å². The SMILES string of the molecule is Cc1cc(N2CCCC(NC(=O)c3cc(F)cc(F)c3)C2=O)n(C)n1. The van der Waals surface area contributed by atoms with Crippen molar-refractivity contribution in [2.75, 3.05) is 11.4 Å². The Labute approximate surface area is 143 Å². The van der Waals surface area contributed by atoms with Crippen LogP contribution in [0.4, 0.5) is 14.6 Å². The van der Waals surface area contributed by atoms with Gasteiger partial charge in [0.15, 0.2) is 0 Å². The summed E-state index contributed by atoms with van der Waals surface area (Å²) >= 11 is 0. The van der Waals surface area contributed by atoms with Crippen molar-refractivity contribution in [1.82, 2.24) is 15.1 Å². The number of benzene rings is 1. The molecule has 0 bridgehead atoms. The number of aryl methyl sites for hydroxylation is 2. The molecule has 1 saturated heterocycles. The molecule has 1 aliphatic rings. The number of hydrogen-bond donors (Lipinski definition) is 1. The smallest absolute Gasteiger partial charge is 0.252 e. The zero-order valence-corrected chi connectivity index (χ0v) is 13.9. The minimum Gasteiger partial charge on any atom is -0.340 e.